The molecule has 0 spiro atoms. The highest BCUT2D eigenvalue weighted by molar-refractivity contribution is 5.98. The zero-order chi connectivity index (χ0) is 60.8. The van der Waals surface area contributed by atoms with E-state index in [0.717, 1.165) is 0 Å². The van der Waals surface area contributed by atoms with Gasteiger partial charge in [0.15, 0.2) is 0 Å². The average Bonchev–Trinajstić information content (AvgIpc) is 3.99. The maximum atomic E-state index is 14.7. The number of aliphatic hydroxyl groups is 1. The smallest absolute Gasteiger partial charge is 0.410 e. The van der Waals surface area contributed by atoms with Crippen LogP contribution >= 0.6 is 0 Å². The number of hydrogen-bond acceptors (Lipinski definition) is 13. The Morgan fingerprint density at radius 1 is 0.765 bits per heavy atom. The van der Waals surface area contributed by atoms with Crippen LogP contribution in [0.25, 0.3) is 0 Å². The van der Waals surface area contributed by atoms with Crippen molar-refractivity contribution in [3.63, 3.8) is 0 Å². The molecule has 9 N–H and O–H groups in total. The Labute approximate surface area is 480 Å². The number of urea groups is 1. The number of amides is 9. The van der Waals surface area contributed by atoms with Gasteiger partial charge < -0.3 is 66.8 Å². The molecule has 3 rings (SSSR count). The average molecular weight is 1140 g/mol. The zero-order valence-electron chi connectivity index (χ0n) is 50.6. The number of nitrogens with two attached hydrogens (primary N) is 1. The summed E-state index contributed by atoms with van der Waals surface area (Å²) >= 11 is 0. The highest BCUT2D eigenvalue weighted by Gasteiger charge is 2.44. The van der Waals surface area contributed by atoms with Gasteiger partial charge in [0.1, 0.15) is 24.7 Å². The van der Waals surface area contributed by atoms with E-state index < -0.39 is 108 Å². The molecule has 0 bridgehead atoms. The Balaban J connectivity index is 1.71. The molecule has 22 heteroatoms. The lowest BCUT2D eigenvalue weighted by molar-refractivity contribution is -0.148. The Hall–Kier alpha value is -6.36. The van der Waals surface area contributed by atoms with E-state index in [1.165, 1.54) is 26.2 Å². The number of hydrogen-bond donors (Lipinski definition) is 8. The van der Waals surface area contributed by atoms with Gasteiger partial charge in [-0.1, -0.05) is 111 Å². The van der Waals surface area contributed by atoms with Gasteiger partial charge in [0, 0.05) is 47.1 Å². The third-order valence-electron chi connectivity index (χ3n) is 15.5. The Bertz CT molecular complexity index is 2340. The molecular formula is C59H96N10O12. The van der Waals surface area contributed by atoms with E-state index in [4.69, 9.17) is 19.9 Å². The Morgan fingerprint density at radius 3 is 1.94 bits per heavy atom. The molecular weight excluding hydrogens is 1040 g/mol. The first-order valence-electron chi connectivity index (χ1n) is 28.5. The number of rotatable bonds is 32. The third kappa shape index (κ3) is 19.9. The van der Waals surface area contributed by atoms with Crippen LogP contribution in [0.1, 0.15) is 125 Å². The minimum absolute atomic E-state index is 0.0488. The van der Waals surface area contributed by atoms with Crippen molar-refractivity contribution in [1.82, 2.24) is 41.3 Å². The van der Waals surface area contributed by atoms with Gasteiger partial charge in [0.05, 0.1) is 54.8 Å². The molecule has 1 fully saturated rings. The van der Waals surface area contributed by atoms with Crippen LogP contribution in [-0.4, -0.2) is 170 Å². The lowest BCUT2D eigenvalue weighted by atomic mass is 9.89. The van der Waals surface area contributed by atoms with Crippen molar-refractivity contribution in [3.05, 3.63) is 65.7 Å². The number of ether oxygens (including phenoxy) is 3. The Morgan fingerprint density at radius 2 is 1.40 bits per heavy atom. The predicted octanol–water partition coefficient (Wildman–Crippen LogP) is 4.69. The summed E-state index contributed by atoms with van der Waals surface area (Å²) in [6, 6.07) is 9.81. The van der Waals surface area contributed by atoms with Crippen LogP contribution in [0.5, 0.6) is 0 Å². The van der Waals surface area contributed by atoms with E-state index >= 15 is 0 Å². The van der Waals surface area contributed by atoms with Gasteiger partial charge in [-0.25, -0.2) is 9.59 Å². The summed E-state index contributed by atoms with van der Waals surface area (Å²) in [6.45, 7) is 18.9. The first-order valence-corrected chi connectivity index (χ1v) is 28.5. The molecule has 2 aromatic carbocycles. The number of likely N-dealkylation sites (N-methyl/N-ethyl adjacent to an activating group) is 3. The van der Waals surface area contributed by atoms with E-state index in [0.29, 0.717) is 49.0 Å². The van der Waals surface area contributed by atoms with Gasteiger partial charge in [-0.2, -0.15) is 0 Å². The minimum Gasteiger partial charge on any atom is -0.445 e. The monoisotopic (exact) mass is 1140 g/mol. The number of nitrogens with one attached hydrogen (secondary N) is 6. The van der Waals surface area contributed by atoms with Crippen LogP contribution in [0.4, 0.5) is 15.3 Å². The van der Waals surface area contributed by atoms with Gasteiger partial charge in [0.25, 0.3) is 0 Å². The lowest BCUT2D eigenvalue weighted by Gasteiger charge is -2.41. The molecule has 454 valence electrons. The highest BCUT2D eigenvalue weighted by Crippen LogP contribution is 2.30. The first-order chi connectivity index (χ1) is 38.2. The molecule has 0 radical (unpaired) electrons. The quantitative estimate of drug-likeness (QED) is 0.0462. The topological polar surface area (TPSA) is 292 Å². The van der Waals surface area contributed by atoms with Crippen molar-refractivity contribution in [2.24, 2.45) is 35.3 Å². The maximum Gasteiger partial charge on any atom is 0.410 e. The zero-order valence-corrected chi connectivity index (χ0v) is 50.6. The van der Waals surface area contributed by atoms with Gasteiger partial charge in [-0.05, 0) is 86.6 Å². The fourth-order valence-corrected chi connectivity index (χ4v) is 10.7. The molecule has 2 aromatic rings. The molecule has 1 saturated heterocycles. The number of primary amides is 1. The summed E-state index contributed by atoms with van der Waals surface area (Å²) in [4.78, 5) is 113. The van der Waals surface area contributed by atoms with Crippen LogP contribution < -0.4 is 37.6 Å². The second-order valence-corrected chi connectivity index (χ2v) is 22.5. The molecule has 81 heavy (non-hydrogen) atoms. The summed E-state index contributed by atoms with van der Waals surface area (Å²) in [5, 5.41) is 27.9. The van der Waals surface area contributed by atoms with Gasteiger partial charge >= 0.3 is 12.1 Å². The van der Waals surface area contributed by atoms with Crippen LogP contribution in [0, 0.1) is 29.6 Å². The van der Waals surface area contributed by atoms with Crippen LogP contribution in [-0.2, 0) is 49.6 Å². The SMILES string of the molecule is CC[C@H](C)[C@@H](C(CC(=O)N1CCCC1[C@H](OC)[C@@H](C)C(=O)N[C@H](C)[C@@H](O)c1ccccc1)OC)N(C)C(=O)[C@@H](NC(=O)[C@@H](C(C)C)N(C)C(=O)OCc1ccc(NC(=O)[C@@H](CCCNC(N)=O)NC(=O)[C@H](NC)C(C)C)cc1)C(C)C. The van der Waals surface area contributed by atoms with Crippen molar-refractivity contribution in [3.8, 4) is 0 Å². The van der Waals surface area contributed by atoms with Crippen molar-refractivity contribution in [2.45, 2.75) is 175 Å². The summed E-state index contributed by atoms with van der Waals surface area (Å²) in [6.07, 6.45) is -0.665. The summed E-state index contributed by atoms with van der Waals surface area (Å²) < 4.78 is 17.7. The van der Waals surface area contributed by atoms with E-state index in [-0.39, 0.29) is 55.6 Å². The van der Waals surface area contributed by atoms with Gasteiger partial charge in [0.2, 0.25) is 35.4 Å². The van der Waals surface area contributed by atoms with E-state index in [2.05, 4.69) is 31.9 Å². The number of likely N-dealkylation sites (tertiary alicyclic amines) is 1. The van der Waals surface area contributed by atoms with Crippen molar-refractivity contribution < 1.29 is 57.7 Å². The second-order valence-electron chi connectivity index (χ2n) is 22.5. The number of methoxy groups -OCH3 is 2. The van der Waals surface area contributed by atoms with E-state index in [1.54, 1.807) is 88.0 Å². The van der Waals surface area contributed by atoms with Gasteiger partial charge in [-0.3, -0.25) is 33.7 Å². The number of nitrogens with zero attached hydrogens (tertiary/aromatic N) is 3. The molecule has 0 aliphatic carbocycles. The van der Waals surface area contributed by atoms with Crippen molar-refractivity contribution in [2.75, 3.05) is 53.8 Å². The largest absolute Gasteiger partial charge is 0.445 e. The number of benzene rings is 2. The van der Waals surface area contributed by atoms with Crippen molar-refractivity contribution in [1.29, 1.82) is 0 Å². The molecule has 12 atom stereocenters. The number of carbonyl (C=O) groups is 8. The summed E-state index contributed by atoms with van der Waals surface area (Å²) in [5.41, 5.74) is 6.86. The maximum absolute atomic E-state index is 14.7. The lowest BCUT2D eigenvalue weighted by Crippen LogP contribution is -2.60. The number of aliphatic hydroxyl groups excluding tert-OH is 1. The molecule has 9 amide bonds. The number of carbonyl (C=O) groups excluding carboxylic acids is 8. The summed E-state index contributed by atoms with van der Waals surface area (Å²) in [5.74, 6) is -3.99. The molecule has 2 unspecified atom stereocenters. The second kappa shape index (κ2) is 33.5. The molecule has 22 nitrogen and oxygen atoms in total. The summed E-state index contributed by atoms with van der Waals surface area (Å²) in [7, 11) is 7.80. The van der Waals surface area contributed by atoms with Crippen LogP contribution in [0.3, 0.4) is 0 Å². The van der Waals surface area contributed by atoms with Gasteiger partial charge in [-0.15, -0.1) is 0 Å². The molecule has 1 heterocycles. The fourth-order valence-electron chi connectivity index (χ4n) is 10.7. The standard InChI is InChI=1S/C59H96N10O12/c1-16-37(8)50(45(79-14)32-46(70)69-31-21-25-44(69)52(80-15)38(9)53(72)63-39(10)51(71)41-22-18-17-19-23-41)67(12)57(76)48(35(4)5)66-56(75)49(36(6)7)68(13)59(78)81-33-40-26-28-42(29-27-40)64-54(73)43(24-20-30-62-58(60)77)65-55(74)47(61-11)34(2)3/h17-19,22-23,26-29,34-39,43-45,47-52,61,71H,16,20-21,24-25,30-33H2,1-15H3,(H,63,72)(H,64,73)(H,65,74)(H,66,75)(H3,60,62,77)/t37-,38+,39+,43+,44?,45?,47+,48-,49+,50-,51+,52+/m0/s1. The molecule has 1 aliphatic heterocycles. The van der Waals surface area contributed by atoms with E-state index in [1.807, 2.05) is 59.7 Å². The molecule has 0 aromatic heterocycles. The molecule has 1 aliphatic rings. The Kier molecular flexibility index (Phi) is 28.5. The van der Waals surface area contributed by atoms with Crippen LogP contribution in [0.2, 0.25) is 0 Å². The minimum atomic E-state index is -1.05. The normalized spacial score (nSPS) is 17.5. The number of anilines is 1. The predicted molar refractivity (Wildman–Crippen MR) is 310 cm³/mol. The van der Waals surface area contributed by atoms with E-state index in [9.17, 15) is 43.5 Å². The third-order valence-corrected chi connectivity index (χ3v) is 15.5. The first kappa shape index (κ1) is 68.9. The highest BCUT2D eigenvalue weighted by atomic mass is 16.6. The fraction of sp³-hybridized carbons (Fsp3) is 0.661. The molecule has 0 saturated carbocycles. The van der Waals surface area contributed by atoms with Crippen molar-refractivity contribution >= 4 is 53.3 Å². The van der Waals surface area contributed by atoms with Crippen LogP contribution in [0.15, 0.2) is 54.6 Å².